The van der Waals surface area contributed by atoms with Gasteiger partial charge in [-0.3, -0.25) is 19.2 Å². The first-order valence-corrected chi connectivity index (χ1v) is 11.9. The van der Waals surface area contributed by atoms with E-state index in [4.69, 9.17) is 9.47 Å². The average Bonchev–Trinajstić information content (AvgIpc) is 3.29. The highest BCUT2D eigenvalue weighted by Crippen LogP contribution is 2.27. The average molecular weight is 551 g/mol. The first-order valence-electron chi connectivity index (χ1n) is 11.2. The Kier molecular flexibility index (Phi) is 7.80. The number of ether oxygens (including phenoxy) is 2. The maximum atomic E-state index is 12.8. The van der Waals surface area contributed by atoms with Gasteiger partial charge in [0, 0.05) is 46.0 Å². The lowest BCUT2D eigenvalue weighted by Gasteiger charge is -2.17. The van der Waals surface area contributed by atoms with E-state index in [1.165, 1.54) is 4.90 Å². The highest BCUT2D eigenvalue weighted by Gasteiger charge is 2.36. The molecule has 0 radical (unpaired) electrons. The number of hydrogen-bond acceptors (Lipinski definition) is 6. The number of anilines is 2. The highest BCUT2D eigenvalue weighted by molar-refractivity contribution is 9.10. The summed E-state index contributed by atoms with van der Waals surface area (Å²) in [6.07, 6.45) is -0.0362. The van der Waals surface area contributed by atoms with Gasteiger partial charge >= 0.3 is 5.97 Å². The number of methoxy groups -OCH3 is 1. The molecule has 36 heavy (non-hydrogen) atoms. The van der Waals surface area contributed by atoms with Crippen LogP contribution in [0.3, 0.4) is 0 Å². The zero-order chi connectivity index (χ0) is 25.7. The Bertz CT molecular complexity index is 1310. The molecule has 1 aliphatic heterocycles. The first-order chi connectivity index (χ1) is 17.3. The lowest BCUT2D eigenvalue weighted by atomic mass is 10.1. The monoisotopic (exact) mass is 550 g/mol. The van der Waals surface area contributed by atoms with Gasteiger partial charge in [-0.2, -0.15) is 0 Å². The molecule has 8 nitrogen and oxygen atoms in total. The van der Waals surface area contributed by atoms with E-state index in [9.17, 15) is 19.2 Å². The summed E-state index contributed by atoms with van der Waals surface area (Å²) in [6, 6.07) is 20.3. The fraction of sp³-hybridized carbons (Fsp3) is 0.185. The molecule has 0 aromatic heterocycles. The standard InChI is InChI=1S/C27H23BrN2O6/c1-35-23-7-3-5-21(14-23)29-26(33)18-4-2-6-22(12-18)30-15-19(13-25(30)32)27(34)36-16-24(31)17-8-10-20(28)11-9-17/h2-12,14,19H,13,15-16H2,1H3,(H,29,33). The van der Waals surface area contributed by atoms with Crippen LogP contribution in [0.15, 0.2) is 77.3 Å². The van der Waals surface area contributed by atoms with E-state index in [-0.39, 0.29) is 30.6 Å². The summed E-state index contributed by atoms with van der Waals surface area (Å²) in [6.45, 7) is -0.295. The number of halogens is 1. The van der Waals surface area contributed by atoms with Gasteiger partial charge in [-0.1, -0.05) is 40.2 Å². The van der Waals surface area contributed by atoms with Crippen LogP contribution in [0.25, 0.3) is 0 Å². The maximum Gasteiger partial charge on any atom is 0.311 e. The van der Waals surface area contributed by atoms with Gasteiger partial charge in [-0.05, 0) is 42.5 Å². The SMILES string of the molecule is COc1cccc(NC(=O)c2cccc(N3CC(C(=O)OCC(=O)c4ccc(Br)cc4)CC3=O)c2)c1. The molecule has 184 valence electrons. The molecule has 0 aliphatic carbocycles. The minimum Gasteiger partial charge on any atom is -0.497 e. The van der Waals surface area contributed by atoms with Crippen LogP contribution < -0.4 is 15.0 Å². The molecular formula is C27H23BrN2O6. The lowest BCUT2D eigenvalue weighted by molar-refractivity contribution is -0.147. The Morgan fingerprint density at radius 3 is 2.50 bits per heavy atom. The van der Waals surface area contributed by atoms with Crippen LogP contribution in [0.5, 0.6) is 5.75 Å². The topological polar surface area (TPSA) is 102 Å². The van der Waals surface area contributed by atoms with Gasteiger partial charge in [0.25, 0.3) is 5.91 Å². The van der Waals surface area contributed by atoms with Crippen molar-refractivity contribution in [2.75, 3.05) is 30.5 Å². The number of nitrogens with one attached hydrogen (secondary N) is 1. The van der Waals surface area contributed by atoms with E-state index in [1.807, 2.05) is 0 Å². The third kappa shape index (κ3) is 5.98. The summed E-state index contributed by atoms with van der Waals surface area (Å²) < 4.78 is 11.2. The molecule has 2 amide bonds. The van der Waals surface area contributed by atoms with E-state index in [0.717, 1.165) is 4.47 Å². The molecule has 0 spiro atoms. The molecule has 1 unspecified atom stereocenters. The van der Waals surface area contributed by atoms with Crippen LogP contribution in [-0.4, -0.2) is 43.8 Å². The Morgan fingerprint density at radius 2 is 1.75 bits per heavy atom. The van der Waals surface area contributed by atoms with Crippen molar-refractivity contribution in [1.29, 1.82) is 0 Å². The van der Waals surface area contributed by atoms with Crippen LogP contribution in [0, 0.1) is 5.92 Å². The molecule has 1 aliphatic rings. The minimum atomic E-state index is -0.704. The molecule has 1 saturated heterocycles. The van der Waals surface area contributed by atoms with E-state index in [2.05, 4.69) is 21.2 Å². The Morgan fingerprint density at radius 1 is 1.00 bits per heavy atom. The summed E-state index contributed by atoms with van der Waals surface area (Å²) in [7, 11) is 1.54. The van der Waals surface area contributed by atoms with Gasteiger partial charge in [0.2, 0.25) is 5.91 Å². The van der Waals surface area contributed by atoms with Crippen molar-refractivity contribution in [3.63, 3.8) is 0 Å². The fourth-order valence-electron chi connectivity index (χ4n) is 3.81. The van der Waals surface area contributed by atoms with E-state index in [0.29, 0.717) is 28.3 Å². The summed E-state index contributed by atoms with van der Waals surface area (Å²) >= 11 is 3.30. The summed E-state index contributed by atoms with van der Waals surface area (Å²) in [5.74, 6) is -1.64. The van der Waals surface area contributed by atoms with Crippen molar-refractivity contribution >= 4 is 50.9 Å². The number of carbonyl (C=O) groups excluding carboxylic acids is 4. The molecule has 1 heterocycles. The predicted octanol–water partition coefficient (Wildman–Crippen LogP) is 4.49. The molecule has 9 heteroatoms. The zero-order valence-corrected chi connectivity index (χ0v) is 21.0. The molecule has 1 fully saturated rings. The molecule has 1 atom stereocenters. The number of Topliss-reactive ketones (excluding diaryl/α,β-unsaturated/α-hetero) is 1. The highest BCUT2D eigenvalue weighted by atomic mass is 79.9. The molecule has 0 bridgehead atoms. The number of esters is 1. The number of carbonyl (C=O) groups is 4. The van der Waals surface area contributed by atoms with Gasteiger partial charge in [-0.15, -0.1) is 0 Å². The largest absolute Gasteiger partial charge is 0.497 e. The normalized spacial score (nSPS) is 14.9. The quantitative estimate of drug-likeness (QED) is 0.327. The number of nitrogens with zero attached hydrogens (tertiary/aromatic N) is 1. The second kappa shape index (κ2) is 11.2. The molecule has 1 N–H and O–H groups in total. The first kappa shape index (κ1) is 25.1. The lowest BCUT2D eigenvalue weighted by Crippen LogP contribution is -2.27. The molecule has 4 rings (SSSR count). The fourth-order valence-corrected chi connectivity index (χ4v) is 4.07. The van der Waals surface area contributed by atoms with Crippen molar-refractivity contribution in [1.82, 2.24) is 0 Å². The van der Waals surface area contributed by atoms with Gasteiger partial charge in [0.15, 0.2) is 12.4 Å². The second-order valence-corrected chi connectivity index (χ2v) is 9.10. The van der Waals surface area contributed by atoms with E-state index >= 15 is 0 Å². The molecule has 3 aromatic rings. The third-order valence-electron chi connectivity index (χ3n) is 5.72. The van der Waals surface area contributed by atoms with Crippen molar-refractivity contribution in [3.05, 3.63) is 88.4 Å². The van der Waals surface area contributed by atoms with Crippen molar-refractivity contribution in [2.24, 2.45) is 5.92 Å². The number of rotatable bonds is 8. The second-order valence-electron chi connectivity index (χ2n) is 8.18. The Balaban J connectivity index is 1.37. The van der Waals surface area contributed by atoms with Crippen molar-refractivity contribution in [2.45, 2.75) is 6.42 Å². The summed E-state index contributed by atoms with van der Waals surface area (Å²) in [4.78, 5) is 51.7. The van der Waals surface area contributed by atoms with Crippen LogP contribution in [-0.2, 0) is 14.3 Å². The summed E-state index contributed by atoms with van der Waals surface area (Å²) in [5, 5.41) is 2.80. The van der Waals surface area contributed by atoms with Crippen LogP contribution in [0.1, 0.15) is 27.1 Å². The van der Waals surface area contributed by atoms with Crippen LogP contribution in [0.4, 0.5) is 11.4 Å². The number of hydrogen-bond donors (Lipinski definition) is 1. The predicted molar refractivity (Wildman–Crippen MR) is 137 cm³/mol. The van der Waals surface area contributed by atoms with Crippen LogP contribution in [0.2, 0.25) is 0 Å². The molecule has 3 aromatic carbocycles. The summed E-state index contributed by atoms with van der Waals surface area (Å²) in [5.41, 5.74) is 1.86. The van der Waals surface area contributed by atoms with E-state index < -0.39 is 18.5 Å². The minimum absolute atomic E-state index is 0.0362. The smallest absolute Gasteiger partial charge is 0.311 e. The number of amides is 2. The molecular weight excluding hydrogens is 528 g/mol. The van der Waals surface area contributed by atoms with Gasteiger partial charge in [-0.25, -0.2) is 0 Å². The number of benzene rings is 3. The van der Waals surface area contributed by atoms with Gasteiger partial charge in [0.1, 0.15) is 5.75 Å². The van der Waals surface area contributed by atoms with Crippen molar-refractivity contribution < 1.29 is 28.7 Å². The van der Waals surface area contributed by atoms with E-state index in [1.54, 1.807) is 79.9 Å². The zero-order valence-electron chi connectivity index (χ0n) is 19.4. The van der Waals surface area contributed by atoms with Gasteiger partial charge in [0.05, 0.1) is 13.0 Å². The Labute approximate surface area is 216 Å². The third-order valence-corrected chi connectivity index (χ3v) is 6.25. The van der Waals surface area contributed by atoms with Crippen molar-refractivity contribution in [3.8, 4) is 5.75 Å². The Hall–Kier alpha value is -3.98. The van der Waals surface area contributed by atoms with Gasteiger partial charge < -0.3 is 19.7 Å². The molecule has 0 saturated carbocycles. The maximum absolute atomic E-state index is 12.8. The van der Waals surface area contributed by atoms with Crippen LogP contribution >= 0.6 is 15.9 Å². The number of ketones is 1.